The maximum atomic E-state index is 12.4. The number of hydrogen-bond acceptors (Lipinski definition) is 5. The van der Waals surface area contributed by atoms with E-state index in [1.165, 1.54) is 19.2 Å². The molecule has 0 aliphatic rings. The van der Waals surface area contributed by atoms with Gasteiger partial charge in [0.1, 0.15) is 4.88 Å². The minimum Gasteiger partial charge on any atom is -0.465 e. The lowest BCUT2D eigenvalue weighted by Crippen LogP contribution is -2.15. The second kappa shape index (κ2) is 5.87. The van der Waals surface area contributed by atoms with Gasteiger partial charge >= 0.3 is 5.97 Å². The molecule has 0 radical (unpaired) electrons. The first-order valence-electron chi connectivity index (χ1n) is 6.11. The molecule has 2 rings (SSSR count). The van der Waals surface area contributed by atoms with Gasteiger partial charge in [-0.2, -0.15) is 0 Å². The molecular weight excluding hydrogens is 310 g/mol. The number of carbonyl (C=O) groups excluding carboxylic acids is 1. The Morgan fingerprint density at radius 3 is 2.38 bits per heavy atom. The highest BCUT2D eigenvalue weighted by Gasteiger charge is 2.22. The van der Waals surface area contributed by atoms with Gasteiger partial charge in [-0.1, -0.05) is 17.7 Å². The molecule has 0 unspecified atom stereocenters. The van der Waals surface area contributed by atoms with Crippen molar-refractivity contribution < 1.29 is 17.9 Å². The van der Waals surface area contributed by atoms with Crippen LogP contribution in [0.5, 0.6) is 0 Å². The number of esters is 1. The Morgan fingerprint density at radius 1 is 1.19 bits per heavy atom. The molecule has 2 aromatic rings. The van der Waals surface area contributed by atoms with E-state index in [2.05, 4.69) is 9.46 Å². The Labute approximate surface area is 127 Å². The molecule has 1 heterocycles. The largest absolute Gasteiger partial charge is 0.465 e. The molecule has 0 atom stereocenters. The zero-order valence-corrected chi connectivity index (χ0v) is 13.5. The van der Waals surface area contributed by atoms with E-state index in [9.17, 15) is 13.2 Å². The van der Waals surface area contributed by atoms with Gasteiger partial charge in [-0.25, -0.2) is 13.2 Å². The van der Waals surface area contributed by atoms with Crippen molar-refractivity contribution in [3.05, 3.63) is 45.6 Å². The van der Waals surface area contributed by atoms with Crippen LogP contribution in [0.25, 0.3) is 0 Å². The number of nitrogens with one attached hydrogen (secondary N) is 1. The summed E-state index contributed by atoms with van der Waals surface area (Å²) < 4.78 is 31.9. The van der Waals surface area contributed by atoms with Crippen LogP contribution in [-0.2, 0) is 14.8 Å². The van der Waals surface area contributed by atoms with Gasteiger partial charge in [0.05, 0.1) is 17.7 Å². The van der Waals surface area contributed by atoms with Gasteiger partial charge in [-0.3, -0.25) is 4.72 Å². The lowest BCUT2D eigenvalue weighted by molar-refractivity contribution is 0.0607. The first-order chi connectivity index (χ1) is 9.85. The second-order valence-corrected chi connectivity index (χ2v) is 7.10. The summed E-state index contributed by atoms with van der Waals surface area (Å²) in [6, 6.07) is 6.49. The van der Waals surface area contributed by atoms with E-state index in [4.69, 9.17) is 0 Å². The van der Waals surface area contributed by atoms with Crippen LogP contribution in [0.2, 0.25) is 0 Å². The summed E-state index contributed by atoms with van der Waals surface area (Å²) in [6.45, 7) is 3.61. The highest BCUT2D eigenvalue weighted by atomic mass is 32.2. The maximum Gasteiger partial charge on any atom is 0.350 e. The smallest absolute Gasteiger partial charge is 0.350 e. The first kappa shape index (κ1) is 15.5. The highest BCUT2D eigenvalue weighted by Crippen LogP contribution is 2.30. The average Bonchev–Trinajstić information content (AvgIpc) is 2.79. The Balaban J connectivity index is 2.39. The van der Waals surface area contributed by atoms with Crippen molar-refractivity contribution in [2.75, 3.05) is 11.8 Å². The molecule has 0 aliphatic heterocycles. The van der Waals surface area contributed by atoms with Crippen molar-refractivity contribution in [3.63, 3.8) is 0 Å². The molecule has 0 saturated carbocycles. The predicted octanol–water partition coefficient (Wildman–Crippen LogP) is 2.95. The van der Waals surface area contributed by atoms with Crippen molar-refractivity contribution in [1.29, 1.82) is 0 Å². The molecule has 5 nitrogen and oxygen atoms in total. The molecule has 7 heteroatoms. The highest BCUT2D eigenvalue weighted by molar-refractivity contribution is 7.92. The van der Waals surface area contributed by atoms with E-state index in [1.54, 1.807) is 24.4 Å². The van der Waals surface area contributed by atoms with Gasteiger partial charge in [-0.05, 0) is 36.9 Å². The zero-order valence-electron chi connectivity index (χ0n) is 11.8. The summed E-state index contributed by atoms with van der Waals surface area (Å²) in [7, 11) is -2.48. The zero-order chi connectivity index (χ0) is 15.6. The summed E-state index contributed by atoms with van der Waals surface area (Å²) >= 11 is 1.15. The number of aryl methyl sites for hydroxylation is 2. The fourth-order valence-electron chi connectivity index (χ4n) is 1.72. The molecule has 0 aliphatic carbocycles. The van der Waals surface area contributed by atoms with E-state index in [0.29, 0.717) is 5.56 Å². The van der Waals surface area contributed by atoms with E-state index < -0.39 is 16.0 Å². The fraction of sp³-hybridized carbons (Fsp3) is 0.214. The molecule has 0 fully saturated rings. The van der Waals surface area contributed by atoms with Gasteiger partial charge in [0, 0.05) is 0 Å². The molecule has 1 aromatic heterocycles. The van der Waals surface area contributed by atoms with Crippen LogP contribution in [0.4, 0.5) is 5.69 Å². The first-order valence-corrected chi connectivity index (χ1v) is 8.47. The maximum absolute atomic E-state index is 12.4. The Hall–Kier alpha value is -1.86. The van der Waals surface area contributed by atoms with Gasteiger partial charge in [0.2, 0.25) is 0 Å². The molecule has 1 N–H and O–H groups in total. The van der Waals surface area contributed by atoms with Crippen LogP contribution in [-0.4, -0.2) is 21.5 Å². The number of anilines is 1. The molecular formula is C14H15NO4S2. The lowest BCUT2D eigenvalue weighted by atomic mass is 10.2. The predicted molar refractivity (Wildman–Crippen MR) is 82.4 cm³/mol. The number of rotatable bonds is 4. The number of benzene rings is 1. The van der Waals surface area contributed by atoms with Gasteiger partial charge in [0.25, 0.3) is 10.0 Å². The Bertz CT molecular complexity index is 761. The Morgan fingerprint density at radius 2 is 1.81 bits per heavy atom. The number of carbonyl (C=O) groups is 1. The van der Waals surface area contributed by atoms with Crippen molar-refractivity contribution in [3.8, 4) is 0 Å². The summed E-state index contributed by atoms with van der Waals surface area (Å²) in [5, 5.41) is 1.71. The number of methoxy groups -OCH3 is 1. The van der Waals surface area contributed by atoms with Crippen LogP contribution in [0.1, 0.15) is 20.8 Å². The molecule has 112 valence electrons. The van der Waals surface area contributed by atoms with Gasteiger partial charge < -0.3 is 4.74 Å². The summed E-state index contributed by atoms with van der Waals surface area (Å²) in [4.78, 5) is 12.1. The van der Waals surface area contributed by atoms with Crippen LogP contribution in [0.3, 0.4) is 0 Å². The number of thiophene rings is 1. The molecule has 0 saturated heterocycles. The van der Waals surface area contributed by atoms with Crippen LogP contribution in [0.15, 0.2) is 34.5 Å². The van der Waals surface area contributed by atoms with Crippen molar-refractivity contribution >= 4 is 33.0 Å². The van der Waals surface area contributed by atoms with Crippen LogP contribution < -0.4 is 4.72 Å². The van der Waals surface area contributed by atoms with Crippen molar-refractivity contribution in [2.45, 2.75) is 18.7 Å². The summed E-state index contributed by atoms with van der Waals surface area (Å²) in [5.74, 6) is -0.560. The average molecular weight is 325 g/mol. The molecule has 0 bridgehead atoms. The molecule has 21 heavy (non-hydrogen) atoms. The number of ether oxygens (including phenoxy) is 1. The van der Waals surface area contributed by atoms with E-state index >= 15 is 0 Å². The topological polar surface area (TPSA) is 72.5 Å². The van der Waals surface area contributed by atoms with Crippen molar-refractivity contribution in [1.82, 2.24) is 0 Å². The quantitative estimate of drug-likeness (QED) is 0.877. The normalized spacial score (nSPS) is 11.2. The van der Waals surface area contributed by atoms with E-state index in [-0.39, 0.29) is 15.5 Å². The SMILES string of the molecule is COC(=O)c1scc(C)c1NS(=O)(=O)c1ccc(C)cc1. The summed E-state index contributed by atoms with van der Waals surface area (Å²) in [5.41, 5.74) is 1.92. The molecule has 0 spiro atoms. The third kappa shape index (κ3) is 3.25. The third-order valence-corrected chi connectivity index (χ3v) is 5.36. The fourth-order valence-corrected chi connectivity index (χ4v) is 3.86. The minimum absolute atomic E-state index is 0.148. The monoisotopic (exact) mass is 325 g/mol. The summed E-state index contributed by atoms with van der Waals surface area (Å²) in [6.07, 6.45) is 0. The minimum atomic E-state index is -3.74. The lowest BCUT2D eigenvalue weighted by Gasteiger charge is -2.10. The number of sulfonamides is 1. The van der Waals surface area contributed by atoms with Crippen molar-refractivity contribution in [2.24, 2.45) is 0 Å². The van der Waals surface area contributed by atoms with Gasteiger partial charge in [-0.15, -0.1) is 11.3 Å². The van der Waals surface area contributed by atoms with Gasteiger partial charge in [0.15, 0.2) is 0 Å². The van der Waals surface area contributed by atoms with Crippen LogP contribution >= 0.6 is 11.3 Å². The van der Waals surface area contributed by atoms with Crippen LogP contribution in [0, 0.1) is 13.8 Å². The third-order valence-electron chi connectivity index (χ3n) is 2.91. The number of hydrogen-bond donors (Lipinski definition) is 1. The van der Waals surface area contributed by atoms with E-state index in [1.807, 2.05) is 6.92 Å². The molecule has 0 amide bonds. The second-order valence-electron chi connectivity index (χ2n) is 4.53. The van der Waals surface area contributed by atoms with E-state index in [0.717, 1.165) is 16.9 Å². The standard InChI is InChI=1S/C14H15NO4S2/c1-9-4-6-11(7-5-9)21(17,18)15-12-10(2)8-20-13(12)14(16)19-3/h4-8,15H,1-3H3. The Kier molecular flexibility index (Phi) is 4.34. The molecule has 1 aromatic carbocycles.